The Morgan fingerprint density at radius 1 is 1.69 bits per heavy atom. The Balaban J connectivity index is 2.25. The van der Waals surface area contributed by atoms with Crippen molar-refractivity contribution in [2.75, 3.05) is 0 Å². The van der Waals surface area contributed by atoms with Crippen molar-refractivity contribution in [3.63, 3.8) is 0 Å². The van der Waals surface area contributed by atoms with Crippen LogP contribution >= 0.6 is 0 Å². The van der Waals surface area contributed by atoms with Gasteiger partial charge < -0.3 is 5.11 Å². The molecule has 1 aliphatic rings. The first-order valence-corrected chi connectivity index (χ1v) is 4.14. The molecule has 0 aromatic carbocycles. The molecule has 4 nitrogen and oxygen atoms in total. The Morgan fingerprint density at radius 3 is 2.92 bits per heavy atom. The van der Waals surface area contributed by atoms with Gasteiger partial charge in [-0.2, -0.15) is 0 Å². The molecule has 2 unspecified atom stereocenters. The van der Waals surface area contributed by atoms with Crippen molar-refractivity contribution >= 4 is 5.97 Å². The molecule has 0 saturated heterocycles. The fourth-order valence-electron chi connectivity index (χ4n) is 1.60. The maximum Gasteiger partial charge on any atom is 0.307 e. The summed E-state index contributed by atoms with van der Waals surface area (Å²) >= 11 is 0. The van der Waals surface area contributed by atoms with Crippen molar-refractivity contribution in [3.05, 3.63) is 24.3 Å². The van der Waals surface area contributed by atoms with Crippen LogP contribution in [0.4, 0.5) is 0 Å². The van der Waals surface area contributed by atoms with E-state index >= 15 is 0 Å². The molecule has 13 heavy (non-hydrogen) atoms. The number of carboxylic acids is 1. The maximum absolute atomic E-state index is 10.7. The van der Waals surface area contributed by atoms with Gasteiger partial charge in [-0.1, -0.05) is 6.92 Å². The molecule has 1 aromatic rings. The van der Waals surface area contributed by atoms with E-state index in [1.165, 1.54) is 0 Å². The molecule has 1 N–H and O–H groups in total. The molecule has 1 heterocycles. The largest absolute Gasteiger partial charge is 0.481 e. The third-order valence-corrected chi connectivity index (χ3v) is 2.68. The van der Waals surface area contributed by atoms with Crippen LogP contribution in [0.1, 0.15) is 19.0 Å². The van der Waals surface area contributed by atoms with E-state index in [1.807, 2.05) is 6.92 Å². The third kappa shape index (κ3) is 1.18. The normalized spacial score (nSPS) is 31.3. The average Bonchev–Trinajstić information content (AvgIpc) is 2.82. The molecule has 0 radical (unpaired) electrons. The van der Waals surface area contributed by atoms with E-state index in [2.05, 4.69) is 9.97 Å². The summed E-state index contributed by atoms with van der Waals surface area (Å²) in [7, 11) is 0. The van der Waals surface area contributed by atoms with E-state index in [0.29, 0.717) is 6.42 Å². The summed E-state index contributed by atoms with van der Waals surface area (Å²) in [6.07, 6.45) is 5.49. The van der Waals surface area contributed by atoms with Crippen molar-refractivity contribution < 1.29 is 9.90 Å². The van der Waals surface area contributed by atoms with Crippen molar-refractivity contribution in [2.24, 2.45) is 5.92 Å². The standard InChI is InChI=1S/C9H10N2O2/c1-9(4-6(9)8(12)13)7-5-10-2-3-11-7/h2-3,5-6H,4H2,1H3,(H,12,13). The molecule has 4 heteroatoms. The summed E-state index contributed by atoms with van der Waals surface area (Å²) in [6.45, 7) is 1.91. The van der Waals surface area contributed by atoms with Crippen LogP contribution in [0.15, 0.2) is 18.6 Å². The van der Waals surface area contributed by atoms with Gasteiger partial charge in [0.15, 0.2) is 0 Å². The fourth-order valence-corrected chi connectivity index (χ4v) is 1.60. The Bertz CT molecular complexity index is 339. The minimum absolute atomic E-state index is 0.288. The van der Waals surface area contributed by atoms with Gasteiger partial charge in [0, 0.05) is 24.0 Å². The zero-order valence-electron chi connectivity index (χ0n) is 7.27. The number of aromatic nitrogens is 2. The van der Waals surface area contributed by atoms with Crippen LogP contribution in [0.25, 0.3) is 0 Å². The minimum atomic E-state index is -0.742. The van der Waals surface area contributed by atoms with E-state index in [-0.39, 0.29) is 11.3 Å². The first-order valence-electron chi connectivity index (χ1n) is 4.14. The van der Waals surface area contributed by atoms with Crippen molar-refractivity contribution in [3.8, 4) is 0 Å². The minimum Gasteiger partial charge on any atom is -0.481 e. The van der Waals surface area contributed by atoms with Crippen molar-refractivity contribution in [2.45, 2.75) is 18.8 Å². The van der Waals surface area contributed by atoms with Crippen molar-refractivity contribution in [1.29, 1.82) is 0 Å². The summed E-state index contributed by atoms with van der Waals surface area (Å²) in [5.41, 5.74) is 0.488. The highest BCUT2D eigenvalue weighted by atomic mass is 16.4. The molecule has 1 aliphatic carbocycles. The topological polar surface area (TPSA) is 63.1 Å². The second-order valence-electron chi connectivity index (χ2n) is 3.60. The second kappa shape index (κ2) is 2.52. The molecule has 2 atom stereocenters. The van der Waals surface area contributed by atoms with Crippen LogP contribution in [-0.2, 0) is 10.2 Å². The summed E-state index contributed by atoms with van der Waals surface area (Å²) < 4.78 is 0. The van der Waals surface area contributed by atoms with Gasteiger partial charge in [0.1, 0.15) is 0 Å². The molecule has 1 saturated carbocycles. The van der Waals surface area contributed by atoms with Gasteiger partial charge in [-0.3, -0.25) is 14.8 Å². The fraction of sp³-hybridized carbons (Fsp3) is 0.444. The summed E-state index contributed by atoms with van der Waals surface area (Å²) in [4.78, 5) is 18.8. The first kappa shape index (κ1) is 8.16. The van der Waals surface area contributed by atoms with Crippen LogP contribution in [-0.4, -0.2) is 21.0 Å². The van der Waals surface area contributed by atoms with Crippen molar-refractivity contribution in [1.82, 2.24) is 9.97 Å². The zero-order chi connectivity index (χ0) is 9.47. The Hall–Kier alpha value is -1.45. The molecule has 2 rings (SSSR count). The molecule has 0 aliphatic heterocycles. The van der Waals surface area contributed by atoms with Gasteiger partial charge >= 0.3 is 5.97 Å². The van der Waals surface area contributed by atoms with E-state index in [0.717, 1.165) is 5.69 Å². The van der Waals surface area contributed by atoms with E-state index in [1.54, 1.807) is 18.6 Å². The lowest BCUT2D eigenvalue weighted by Crippen LogP contribution is -2.12. The van der Waals surface area contributed by atoms with E-state index < -0.39 is 5.97 Å². The van der Waals surface area contributed by atoms with Gasteiger partial charge in [-0.25, -0.2) is 0 Å². The quantitative estimate of drug-likeness (QED) is 0.728. The summed E-state index contributed by atoms with van der Waals surface area (Å²) in [6, 6.07) is 0. The lowest BCUT2D eigenvalue weighted by Gasteiger charge is -2.06. The number of hydrogen-bond acceptors (Lipinski definition) is 3. The number of carbonyl (C=O) groups is 1. The van der Waals surface area contributed by atoms with E-state index in [4.69, 9.17) is 5.11 Å². The van der Waals surface area contributed by atoms with Gasteiger partial charge in [0.05, 0.1) is 11.6 Å². The number of hydrogen-bond donors (Lipinski definition) is 1. The Morgan fingerprint density at radius 2 is 2.46 bits per heavy atom. The maximum atomic E-state index is 10.7. The van der Waals surface area contributed by atoms with Gasteiger partial charge in [-0.15, -0.1) is 0 Å². The SMILES string of the molecule is CC1(c2cnccn2)CC1C(=O)O. The second-order valence-corrected chi connectivity index (χ2v) is 3.60. The number of rotatable bonds is 2. The third-order valence-electron chi connectivity index (χ3n) is 2.68. The van der Waals surface area contributed by atoms with Gasteiger partial charge in [-0.05, 0) is 6.42 Å². The zero-order valence-corrected chi connectivity index (χ0v) is 7.27. The lowest BCUT2D eigenvalue weighted by atomic mass is 10.0. The Labute approximate surface area is 75.6 Å². The van der Waals surface area contributed by atoms with Crippen LogP contribution in [0.3, 0.4) is 0 Å². The molecule has 0 amide bonds. The number of carboxylic acid groups (broad SMARTS) is 1. The molecule has 68 valence electrons. The average molecular weight is 178 g/mol. The summed E-state index contributed by atoms with van der Waals surface area (Å²) in [5.74, 6) is -1.03. The molecular formula is C9H10N2O2. The molecule has 0 spiro atoms. The highest BCUT2D eigenvalue weighted by Crippen LogP contribution is 2.52. The monoisotopic (exact) mass is 178 g/mol. The molecule has 1 fully saturated rings. The highest BCUT2D eigenvalue weighted by Gasteiger charge is 2.57. The molecule has 0 bridgehead atoms. The van der Waals surface area contributed by atoms with Gasteiger partial charge in [0.25, 0.3) is 0 Å². The number of nitrogens with zero attached hydrogens (tertiary/aromatic N) is 2. The summed E-state index contributed by atoms with van der Waals surface area (Å²) in [5, 5.41) is 8.80. The predicted octanol–water partition coefficient (Wildman–Crippen LogP) is 0.839. The lowest BCUT2D eigenvalue weighted by molar-refractivity contribution is -0.139. The van der Waals surface area contributed by atoms with Crippen LogP contribution in [0.2, 0.25) is 0 Å². The predicted molar refractivity (Wildman–Crippen MR) is 45.1 cm³/mol. The van der Waals surface area contributed by atoms with Gasteiger partial charge in [0.2, 0.25) is 0 Å². The Kier molecular flexibility index (Phi) is 1.58. The smallest absolute Gasteiger partial charge is 0.307 e. The number of aliphatic carboxylic acids is 1. The molecule has 1 aromatic heterocycles. The van der Waals surface area contributed by atoms with E-state index in [9.17, 15) is 4.79 Å². The van der Waals surface area contributed by atoms with Crippen LogP contribution in [0.5, 0.6) is 0 Å². The molecular weight excluding hydrogens is 168 g/mol. The van der Waals surface area contributed by atoms with Crippen LogP contribution < -0.4 is 0 Å². The van der Waals surface area contributed by atoms with Crippen LogP contribution in [0, 0.1) is 5.92 Å². The first-order chi connectivity index (χ1) is 6.14. The highest BCUT2D eigenvalue weighted by molar-refractivity contribution is 5.76.